The Balaban J connectivity index is 1.42. The topological polar surface area (TPSA) is 175 Å². The Morgan fingerprint density at radius 2 is 1.92 bits per heavy atom. The van der Waals surface area contributed by atoms with Crippen molar-refractivity contribution in [2.45, 2.75) is 63.3 Å². The molecule has 0 bridgehead atoms. The highest BCUT2D eigenvalue weighted by Gasteiger charge is 2.42. The number of fused-ring (bicyclic) bond motifs is 3. The lowest BCUT2D eigenvalue weighted by Gasteiger charge is -2.40. The fraction of sp³-hybridized carbons (Fsp3) is 0.481. The third-order valence-corrected chi connectivity index (χ3v) is 7.17. The summed E-state index contributed by atoms with van der Waals surface area (Å²) in [7, 11) is 0. The van der Waals surface area contributed by atoms with Gasteiger partial charge in [-0.1, -0.05) is 0 Å². The Bertz CT molecular complexity index is 1410. The number of allylic oxidation sites excluding steroid dienone is 1. The molecule has 12 heteroatoms. The van der Waals surface area contributed by atoms with Crippen LogP contribution in [-0.4, -0.2) is 87.6 Å². The van der Waals surface area contributed by atoms with E-state index < -0.39 is 49.3 Å². The monoisotopic (exact) mass is 544 g/mol. The van der Waals surface area contributed by atoms with Crippen LogP contribution in [0.4, 0.5) is 5.69 Å². The summed E-state index contributed by atoms with van der Waals surface area (Å²) >= 11 is 0. The largest absolute Gasteiger partial charge is 0.482 e. The third kappa shape index (κ3) is 5.12. The molecule has 1 aromatic carbocycles. The van der Waals surface area contributed by atoms with Crippen molar-refractivity contribution in [3.05, 3.63) is 57.2 Å². The van der Waals surface area contributed by atoms with Gasteiger partial charge in [0.25, 0.3) is 0 Å². The molecule has 5 N–H and O–H groups in total. The Morgan fingerprint density at radius 1 is 1.18 bits per heavy atom. The number of hydrogen-bond acceptors (Lipinski definition) is 12. The van der Waals surface area contributed by atoms with E-state index in [1.807, 2.05) is 17.2 Å². The molecule has 0 aliphatic carbocycles. The summed E-state index contributed by atoms with van der Waals surface area (Å²) in [4.78, 5) is 30.1. The average Bonchev–Trinajstić information content (AvgIpc) is 3.49. The maximum atomic E-state index is 13.0. The van der Waals surface area contributed by atoms with Crippen LogP contribution in [0.15, 0.2) is 49.9 Å². The highest BCUT2D eigenvalue weighted by Crippen LogP contribution is 2.47. The van der Waals surface area contributed by atoms with Gasteiger partial charge in [-0.2, -0.15) is 0 Å². The maximum Gasteiger partial charge on any atom is 0.193 e. The second-order valence-corrected chi connectivity index (χ2v) is 10.5. The van der Waals surface area contributed by atoms with E-state index in [4.69, 9.17) is 24.0 Å². The van der Waals surface area contributed by atoms with Crippen molar-refractivity contribution < 1.29 is 44.5 Å². The summed E-state index contributed by atoms with van der Waals surface area (Å²) in [6.45, 7) is 4.54. The van der Waals surface area contributed by atoms with E-state index in [1.54, 1.807) is 33.1 Å². The molecule has 4 heterocycles. The maximum absolute atomic E-state index is 13.0. The van der Waals surface area contributed by atoms with Crippen LogP contribution in [0.3, 0.4) is 0 Å². The first-order valence-corrected chi connectivity index (χ1v) is 12.6. The normalized spacial score (nSPS) is 22.6. The van der Waals surface area contributed by atoms with Gasteiger partial charge in [-0.15, -0.1) is 0 Å². The number of anilines is 1. The molecule has 5 atom stereocenters. The minimum atomic E-state index is -1.78. The summed E-state index contributed by atoms with van der Waals surface area (Å²) < 4.78 is 12.5. The summed E-state index contributed by atoms with van der Waals surface area (Å²) in [5.74, 6) is 1.01. The van der Waals surface area contributed by atoms with Crippen molar-refractivity contribution in [1.29, 1.82) is 0 Å². The molecule has 39 heavy (non-hydrogen) atoms. The Labute approximate surface area is 223 Å². The predicted molar refractivity (Wildman–Crippen MR) is 140 cm³/mol. The van der Waals surface area contributed by atoms with Gasteiger partial charge in [0.05, 0.1) is 24.2 Å². The first-order valence-electron chi connectivity index (χ1n) is 12.6. The minimum absolute atomic E-state index is 0.193. The van der Waals surface area contributed by atoms with Gasteiger partial charge in [-0.05, 0) is 32.9 Å². The van der Waals surface area contributed by atoms with Gasteiger partial charge in [0.2, 0.25) is 0 Å². The van der Waals surface area contributed by atoms with Gasteiger partial charge >= 0.3 is 0 Å². The van der Waals surface area contributed by atoms with Crippen molar-refractivity contribution >= 4 is 22.9 Å². The van der Waals surface area contributed by atoms with Crippen molar-refractivity contribution in [1.82, 2.24) is 0 Å². The molecular formula is C27H32N2O10. The molecule has 12 nitrogen and oxygen atoms in total. The molecule has 3 aliphatic rings. The van der Waals surface area contributed by atoms with Gasteiger partial charge in [-0.3, -0.25) is 9.79 Å². The van der Waals surface area contributed by atoms with E-state index >= 15 is 0 Å². The first-order chi connectivity index (χ1) is 18.5. The standard InChI is InChI=1S/C27H32N2O10/c1-13-6-18(31)16-7-15-8-21(39-36-12-20(33)24(35)23(34)19(32)11-30)27(2,3)38-25(15)22(26(16)37-13)29-9-14-4-5-28-17(14)10-29/h4-7,10,19-21,23-24,30,32-35H,8-9,11-12H2,1-3H3. The molecule has 5 rings (SSSR count). The number of rotatable bonds is 9. The molecule has 0 amide bonds. The summed E-state index contributed by atoms with van der Waals surface area (Å²) in [5.41, 5.74) is 2.46. The average molecular weight is 545 g/mol. The predicted octanol–water partition coefficient (Wildman–Crippen LogP) is 0.240. The smallest absolute Gasteiger partial charge is 0.193 e. The van der Waals surface area contributed by atoms with E-state index in [9.17, 15) is 25.2 Å². The molecular weight excluding hydrogens is 512 g/mol. The quantitative estimate of drug-likeness (QED) is 0.216. The lowest BCUT2D eigenvalue weighted by Crippen LogP contribution is -2.50. The molecule has 0 spiro atoms. The Hall–Kier alpha value is -3.10. The summed E-state index contributed by atoms with van der Waals surface area (Å²) in [5, 5.41) is 48.8. The second-order valence-electron chi connectivity index (χ2n) is 10.5. The van der Waals surface area contributed by atoms with Crippen LogP contribution < -0.4 is 15.1 Å². The molecule has 2 aromatic rings. The van der Waals surface area contributed by atoms with Gasteiger partial charge < -0.3 is 39.6 Å². The van der Waals surface area contributed by atoms with E-state index in [0.29, 0.717) is 40.3 Å². The molecule has 210 valence electrons. The molecule has 5 unspecified atom stereocenters. The molecule has 0 saturated carbocycles. The lowest BCUT2D eigenvalue weighted by atomic mass is 9.89. The van der Waals surface area contributed by atoms with Crippen molar-refractivity contribution in [3.8, 4) is 5.75 Å². The number of aliphatic imine (C=N–C) groups is 1. The van der Waals surface area contributed by atoms with Crippen LogP contribution in [0.25, 0.3) is 11.0 Å². The van der Waals surface area contributed by atoms with Gasteiger partial charge in [-0.25, -0.2) is 9.78 Å². The number of hydrogen-bond donors (Lipinski definition) is 5. The van der Waals surface area contributed by atoms with E-state index in [2.05, 4.69) is 4.99 Å². The Morgan fingerprint density at radius 3 is 2.64 bits per heavy atom. The number of nitrogens with zero attached hydrogens (tertiary/aromatic N) is 2. The second kappa shape index (κ2) is 10.5. The van der Waals surface area contributed by atoms with E-state index in [0.717, 1.165) is 11.3 Å². The third-order valence-electron chi connectivity index (χ3n) is 7.17. The SMILES string of the molecule is Cc1cc(=O)c2cc3c(c(N4C=C5N=CC=C5C4)c2o1)OC(C)(C)C(OOCC(O)C(O)C(O)C(O)CO)C3. The van der Waals surface area contributed by atoms with Gasteiger partial charge in [0, 0.05) is 36.0 Å². The zero-order chi connectivity index (χ0) is 28.1. The highest BCUT2D eigenvalue weighted by molar-refractivity contribution is 5.96. The number of benzene rings is 1. The van der Waals surface area contributed by atoms with Gasteiger partial charge in [0.15, 0.2) is 16.8 Å². The molecule has 0 saturated heterocycles. The van der Waals surface area contributed by atoms with Crippen molar-refractivity contribution in [3.63, 3.8) is 0 Å². The van der Waals surface area contributed by atoms with Gasteiger partial charge in [0.1, 0.15) is 54.2 Å². The van der Waals surface area contributed by atoms with Crippen molar-refractivity contribution in [2.75, 3.05) is 24.7 Å². The van der Waals surface area contributed by atoms with Crippen LogP contribution in [0, 0.1) is 6.92 Å². The highest BCUT2D eigenvalue weighted by atomic mass is 17.2. The molecule has 0 fully saturated rings. The zero-order valence-corrected chi connectivity index (χ0v) is 21.8. The lowest BCUT2D eigenvalue weighted by molar-refractivity contribution is -0.358. The van der Waals surface area contributed by atoms with Crippen LogP contribution in [0.5, 0.6) is 5.75 Å². The van der Waals surface area contributed by atoms with Crippen LogP contribution >= 0.6 is 0 Å². The molecule has 0 radical (unpaired) electrons. The van der Waals surface area contributed by atoms with Crippen molar-refractivity contribution in [2.24, 2.45) is 4.99 Å². The first kappa shape index (κ1) is 27.5. The van der Waals surface area contributed by atoms with E-state index in [-0.39, 0.29) is 11.8 Å². The summed E-state index contributed by atoms with van der Waals surface area (Å²) in [6.07, 6.45) is -1.62. The summed E-state index contributed by atoms with van der Waals surface area (Å²) in [6, 6.07) is 3.15. The minimum Gasteiger partial charge on any atom is -0.482 e. The fourth-order valence-electron chi connectivity index (χ4n) is 4.88. The number of aliphatic hydroxyl groups excluding tert-OH is 5. The number of ether oxygens (including phenoxy) is 1. The zero-order valence-electron chi connectivity index (χ0n) is 21.8. The molecule has 3 aliphatic heterocycles. The molecule has 1 aromatic heterocycles. The number of aryl methyl sites for hydroxylation is 1. The van der Waals surface area contributed by atoms with Crippen LogP contribution in [0.1, 0.15) is 25.2 Å². The van der Waals surface area contributed by atoms with Crippen LogP contribution in [0.2, 0.25) is 0 Å². The Kier molecular flexibility index (Phi) is 7.37. The number of aliphatic hydroxyl groups is 5. The van der Waals surface area contributed by atoms with E-state index in [1.165, 1.54) is 6.07 Å². The van der Waals surface area contributed by atoms with Crippen LogP contribution in [-0.2, 0) is 16.2 Å². The fourth-order valence-corrected chi connectivity index (χ4v) is 4.88.